The summed E-state index contributed by atoms with van der Waals surface area (Å²) in [6.07, 6.45) is 1.97. The number of carbonyl (C=O) groups excluding carboxylic acids is 2. The topological polar surface area (TPSA) is 103 Å². The number of para-hydroxylation sites is 1. The van der Waals surface area contributed by atoms with Gasteiger partial charge in [-0.25, -0.2) is 0 Å². The van der Waals surface area contributed by atoms with Crippen molar-refractivity contribution in [2.24, 2.45) is 5.73 Å². The molecule has 0 aliphatic carbocycles. The van der Waals surface area contributed by atoms with E-state index in [2.05, 4.69) is 17.6 Å². The third-order valence-corrected chi connectivity index (χ3v) is 4.03. The van der Waals surface area contributed by atoms with Crippen LogP contribution in [0.3, 0.4) is 0 Å². The van der Waals surface area contributed by atoms with Crippen molar-refractivity contribution in [2.45, 2.75) is 19.8 Å². The lowest BCUT2D eigenvalue weighted by atomic mass is 10.1. The van der Waals surface area contributed by atoms with Gasteiger partial charge in [-0.3, -0.25) is 9.59 Å². The maximum atomic E-state index is 12.7. The van der Waals surface area contributed by atoms with Gasteiger partial charge in [-0.1, -0.05) is 25.5 Å². The number of hydrogen-bond donors (Lipinski definition) is 3. The summed E-state index contributed by atoms with van der Waals surface area (Å²) in [7, 11) is 1.53. The van der Waals surface area contributed by atoms with Crippen molar-refractivity contribution in [3.63, 3.8) is 0 Å². The molecule has 2 aromatic rings. The molecular weight excluding hydrogens is 358 g/mol. The lowest BCUT2D eigenvalue weighted by molar-refractivity contribution is 0.0955. The minimum absolute atomic E-state index is 0.293. The van der Waals surface area contributed by atoms with Gasteiger partial charge in [0.05, 0.1) is 25.0 Å². The van der Waals surface area contributed by atoms with Gasteiger partial charge in [0, 0.05) is 18.7 Å². The highest BCUT2D eigenvalue weighted by atomic mass is 16.5. The van der Waals surface area contributed by atoms with Crippen molar-refractivity contribution in [3.8, 4) is 11.5 Å². The highest BCUT2D eigenvalue weighted by Crippen LogP contribution is 2.29. The van der Waals surface area contributed by atoms with Crippen molar-refractivity contribution in [2.75, 3.05) is 32.1 Å². The second kappa shape index (κ2) is 10.9. The molecule has 0 atom stereocenters. The molecule has 2 amide bonds. The first kappa shape index (κ1) is 21.2. The van der Waals surface area contributed by atoms with Gasteiger partial charge >= 0.3 is 0 Å². The van der Waals surface area contributed by atoms with Crippen molar-refractivity contribution in [1.29, 1.82) is 0 Å². The number of hydrogen-bond acceptors (Lipinski definition) is 5. The zero-order chi connectivity index (χ0) is 20.4. The molecule has 0 fully saturated rings. The molecule has 2 aromatic carbocycles. The highest BCUT2D eigenvalue weighted by Gasteiger charge is 2.15. The number of ether oxygens (including phenoxy) is 2. The smallest absolute Gasteiger partial charge is 0.255 e. The molecule has 150 valence electrons. The Morgan fingerprint density at radius 1 is 1.07 bits per heavy atom. The third kappa shape index (κ3) is 5.72. The zero-order valence-corrected chi connectivity index (χ0v) is 16.3. The van der Waals surface area contributed by atoms with Gasteiger partial charge < -0.3 is 25.8 Å². The molecule has 0 heterocycles. The summed E-state index contributed by atoms with van der Waals surface area (Å²) in [4.78, 5) is 24.9. The van der Waals surface area contributed by atoms with E-state index in [1.165, 1.54) is 7.11 Å². The van der Waals surface area contributed by atoms with Crippen LogP contribution in [-0.2, 0) is 0 Å². The van der Waals surface area contributed by atoms with Crippen LogP contribution < -0.4 is 25.8 Å². The molecule has 4 N–H and O–H groups in total. The number of carbonyl (C=O) groups is 2. The molecule has 0 bridgehead atoms. The molecule has 0 aliphatic rings. The summed E-state index contributed by atoms with van der Waals surface area (Å²) in [6, 6.07) is 11.8. The molecule has 28 heavy (non-hydrogen) atoms. The van der Waals surface area contributed by atoms with Crippen LogP contribution in [0.25, 0.3) is 0 Å². The van der Waals surface area contributed by atoms with E-state index in [1.807, 2.05) is 0 Å². The van der Waals surface area contributed by atoms with Crippen LogP contribution in [0.2, 0.25) is 0 Å². The Kier molecular flexibility index (Phi) is 8.30. The average molecular weight is 385 g/mol. The Balaban J connectivity index is 2.16. The number of anilines is 1. The number of unbranched alkanes of at least 4 members (excludes halogenated alkanes) is 1. The molecular formula is C21H27N3O4. The number of nitrogens with one attached hydrogen (secondary N) is 2. The van der Waals surface area contributed by atoms with Crippen molar-refractivity contribution < 1.29 is 19.1 Å². The second-order valence-corrected chi connectivity index (χ2v) is 6.11. The average Bonchev–Trinajstić information content (AvgIpc) is 2.72. The van der Waals surface area contributed by atoms with Crippen molar-refractivity contribution >= 4 is 17.5 Å². The summed E-state index contributed by atoms with van der Waals surface area (Å²) in [5.74, 6) is 0.433. The van der Waals surface area contributed by atoms with E-state index in [0.717, 1.165) is 12.8 Å². The number of benzene rings is 2. The van der Waals surface area contributed by atoms with E-state index >= 15 is 0 Å². The number of rotatable bonds is 10. The summed E-state index contributed by atoms with van der Waals surface area (Å²) >= 11 is 0. The predicted octanol–water partition coefficient (Wildman–Crippen LogP) is 2.81. The van der Waals surface area contributed by atoms with Gasteiger partial charge in [-0.15, -0.1) is 0 Å². The molecule has 0 aromatic heterocycles. The molecule has 2 rings (SSSR count). The Labute approximate surface area is 165 Å². The Hall–Kier alpha value is -3.06. The maximum Gasteiger partial charge on any atom is 0.255 e. The molecule has 7 heteroatoms. The normalized spacial score (nSPS) is 10.2. The van der Waals surface area contributed by atoms with Gasteiger partial charge in [-0.2, -0.15) is 0 Å². The largest absolute Gasteiger partial charge is 0.493 e. The van der Waals surface area contributed by atoms with E-state index < -0.39 is 0 Å². The van der Waals surface area contributed by atoms with Crippen molar-refractivity contribution in [1.82, 2.24) is 5.32 Å². The van der Waals surface area contributed by atoms with Gasteiger partial charge in [0.25, 0.3) is 11.8 Å². The van der Waals surface area contributed by atoms with Gasteiger partial charge in [0.15, 0.2) is 11.5 Å². The minimum Gasteiger partial charge on any atom is -0.493 e. The molecule has 0 radical (unpaired) electrons. The zero-order valence-electron chi connectivity index (χ0n) is 16.3. The number of nitrogens with two attached hydrogens (primary N) is 1. The standard InChI is InChI=1S/C21H27N3O4/c1-3-4-13-28-18-10-9-15(14-19(18)27-2)20(25)24-17-8-6-5-7-16(17)21(26)23-12-11-22/h5-10,14H,3-4,11-13,22H2,1-2H3,(H,23,26)(H,24,25). The fraction of sp³-hybridized carbons (Fsp3) is 0.333. The Morgan fingerprint density at radius 3 is 2.57 bits per heavy atom. The fourth-order valence-corrected chi connectivity index (χ4v) is 2.52. The number of amides is 2. The summed E-state index contributed by atoms with van der Waals surface area (Å²) in [5.41, 5.74) is 6.61. The van der Waals surface area contributed by atoms with Crippen LogP contribution in [0.4, 0.5) is 5.69 Å². The molecule has 7 nitrogen and oxygen atoms in total. The first-order valence-electron chi connectivity index (χ1n) is 9.30. The SMILES string of the molecule is CCCCOc1ccc(C(=O)Nc2ccccc2C(=O)NCCN)cc1OC. The lowest BCUT2D eigenvalue weighted by Gasteiger charge is -2.13. The molecule has 0 saturated carbocycles. The minimum atomic E-state index is -0.350. The Bertz CT molecular complexity index is 808. The summed E-state index contributed by atoms with van der Waals surface area (Å²) in [6.45, 7) is 3.37. The maximum absolute atomic E-state index is 12.7. The van der Waals surface area contributed by atoms with Crippen LogP contribution in [0.5, 0.6) is 11.5 Å². The highest BCUT2D eigenvalue weighted by molar-refractivity contribution is 6.09. The van der Waals surface area contributed by atoms with E-state index in [9.17, 15) is 9.59 Å². The quantitative estimate of drug-likeness (QED) is 0.546. The first-order valence-corrected chi connectivity index (χ1v) is 9.30. The summed E-state index contributed by atoms with van der Waals surface area (Å²) in [5, 5.41) is 5.48. The first-order chi connectivity index (χ1) is 13.6. The second-order valence-electron chi connectivity index (χ2n) is 6.11. The van der Waals surface area contributed by atoms with Gasteiger partial charge in [0.2, 0.25) is 0 Å². The van der Waals surface area contributed by atoms with Crippen LogP contribution in [-0.4, -0.2) is 38.6 Å². The van der Waals surface area contributed by atoms with E-state index in [-0.39, 0.29) is 11.8 Å². The van der Waals surface area contributed by atoms with Crippen LogP contribution in [0, 0.1) is 0 Å². The lowest BCUT2D eigenvalue weighted by Crippen LogP contribution is -2.30. The monoisotopic (exact) mass is 385 g/mol. The van der Waals surface area contributed by atoms with E-state index in [0.29, 0.717) is 48.0 Å². The Morgan fingerprint density at radius 2 is 1.86 bits per heavy atom. The fourth-order valence-electron chi connectivity index (χ4n) is 2.52. The van der Waals surface area contributed by atoms with Crippen LogP contribution in [0.1, 0.15) is 40.5 Å². The molecule has 0 aliphatic heterocycles. The number of methoxy groups -OCH3 is 1. The van der Waals surface area contributed by atoms with E-state index in [1.54, 1.807) is 42.5 Å². The molecule has 0 unspecified atom stereocenters. The molecule has 0 spiro atoms. The predicted molar refractivity (Wildman–Crippen MR) is 109 cm³/mol. The van der Waals surface area contributed by atoms with Crippen LogP contribution >= 0.6 is 0 Å². The molecule has 0 saturated heterocycles. The van der Waals surface area contributed by atoms with Gasteiger partial charge in [-0.05, 0) is 36.8 Å². The van der Waals surface area contributed by atoms with Crippen molar-refractivity contribution in [3.05, 3.63) is 53.6 Å². The van der Waals surface area contributed by atoms with E-state index in [4.69, 9.17) is 15.2 Å². The van der Waals surface area contributed by atoms with Crippen LogP contribution in [0.15, 0.2) is 42.5 Å². The van der Waals surface area contributed by atoms with Gasteiger partial charge in [0.1, 0.15) is 0 Å². The third-order valence-electron chi connectivity index (χ3n) is 4.03. The summed E-state index contributed by atoms with van der Waals surface area (Å²) < 4.78 is 11.0.